The first-order valence-corrected chi connectivity index (χ1v) is 11.6. The maximum atomic E-state index is 12.7. The van der Waals surface area contributed by atoms with Crippen molar-refractivity contribution < 1.29 is 19.1 Å². The largest absolute Gasteiger partial charge is 0.465 e. The molecule has 2 aliphatic heterocycles. The van der Waals surface area contributed by atoms with E-state index in [1.807, 2.05) is 24.0 Å². The summed E-state index contributed by atoms with van der Waals surface area (Å²) in [5.41, 5.74) is 1.41. The molecule has 32 heavy (non-hydrogen) atoms. The van der Waals surface area contributed by atoms with E-state index < -0.39 is 0 Å². The van der Waals surface area contributed by atoms with E-state index >= 15 is 0 Å². The number of piperazine rings is 1. The number of amides is 2. The first-order valence-electron chi connectivity index (χ1n) is 11.6. The van der Waals surface area contributed by atoms with Crippen LogP contribution in [0, 0.1) is 0 Å². The van der Waals surface area contributed by atoms with Crippen LogP contribution in [0.2, 0.25) is 0 Å². The highest BCUT2D eigenvalue weighted by Crippen LogP contribution is 2.17. The lowest BCUT2D eigenvalue weighted by atomic mass is 10.0. The van der Waals surface area contributed by atoms with Crippen LogP contribution in [0.15, 0.2) is 24.3 Å². The molecular formula is C24H36N4O4. The molecule has 8 heteroatoms. The van der Waals surface area contributed by atoms with E-state index in [1.54, 1.807) is 12.1 Å². The highest BCUT2D eigenvalue weighted by molar-refractivity contribution is 5.89. The normalized spacial score (nSPS) is 21.1. The minimum atomic E-state index is -0.375. The van der Waals surface area contributed by atoms with Crippen LogP contribution in [0.25, 0.3) is 0 Å². The summed E-state index contributed by atoms with van der Waals surface area (Å²) in [7, 11) is 1.35. The fourth-order valence-electron chi connectivity index (χ4n) is 4.44. The van der Waals surface area contributed by atoms with E-state index in [1.165, 1.54) is 13.5 Å². The predicted molar refractivity (Wildman–Crippen MR) is 122 cm³/mol. The zero-order valence-corrected chi connectivity index (χ0v) is 19.5. The number of hydrogen-bond donors (Lipinski definition) is 1. The van der Waals surface area contributed by atoms with E-state index in [0.717, 1.165) is 51.1 Å². The van der Waals surface area contributed by atoms with Gasteiger partial charge in [-0.2, -0.15) is 0 Å². The summed E-state index contributed by atoms with van der Waals surface area (Å²) in [5.74, 6) is -0.163. The van der Waals surface area contributed by atoms with Crippen LogP contribution >= 0.6 is 0 Å². The predicted octanol–water partition coefficient (Wildman–Crippen LogP) is 1.50. The van der Waals surface area contributed by atoms with Crippen LogP contribution in [0.1, 0.15) is 49.0 Å². The van der Waals surface area contributed by atoms with Crippen LogP contribution < -0.4 is 5.32 Å². The van der Waals surface area contributed by atoms with Gasteiger partial charge in [0.15, 0.2) is 0 Å². The summed E-state index contributed by atoms with van der Waals surface area (Å²) < 4.78 is 4.70. The third-order valence-corrected chi connectivity index (χ3v) is 6.66. The Hall–Kier alpha value is -2.45. The van der Waals surface area contributed by atoms with Gasteiger partial charge in [-0.3, -0.25) is 19.4 Å². The number of methoxy groups -OCH3 is 1. The summed E-state index contributed by atoms with van der Waals surface area (Å²) in [6.45, 7) is 8.95. The molecule has 2 aliphatic rings. The second-order valence-electron chi connectivity index (χ2n) is 8.83. The number of carbonyl (C=O) groups is 3. The molecule has 8 nitrogen and oxygen atoms in total. The first kappa shape index (κ1) is 24.2. The smallest absolute Gasteiger partial charge is 0.337 e. The molecule has 2 amide bonds. The quantitative estimate of drug-likeness (QED) is 0.642. The van der Waals surface area contributed by atoms with Crippen molar-refractivity contribution in [3.63, 3.8) is 0 Å². The molecular weight excluding hydrogens is 408 g/mol. The molecule has 0 radical (unpaired) electrons. The number of nitrogens with zero attached hydrogens (tertiary/aromatic N) is 3. The third kappa shape index (κ3) is 6.29. The Morgan fingerprint density at radius 1 is 1.06 bits per heavy atom. The van der Waals surface area contributed by atoms with Gasteiger partial charge in [0.1, 0.15) is 0 Å². The average Bonchev–Trinajstić information content (AvgIpc) is 2.82. The molecule has 2 atom stereocenters. The standard InChI is InChI=1S/C24H36N4O4/c1-18-6-4-5-11-28(18)22(29)17-26-12-14-27(15-13-26)19(2)23(30)25-16-20-7-9-21(10-8-20)24(31)32-3/h7-10,18-19H,4-6,11-17H2,1-3H3,(H,25,30). The Bertz CT molecular complexity index is 790. The van der Waals surface area contributed by atoms with Crippen molar-refractivity contribution >= 4 is 17.8 Å². The van der Waals surface area contributed by atoms with E-state index in [-0.39, 0.29) is 23.8 Å². The minimum absolute atomic E-state index is 0.0197. The molecule has 2 unspecified atom stereocenters. The maximum absolute atomic E-state index is 12.7. The van der Waals surface area contributed by atoms with Crippen LogP contribution in [0.3, 0.4) is 0 Å². The Morgan fingerprint density at radius 3 is 2.38 bits per heavy atom. The van der Waals surface area contributed by atoms with E-state index in [4.69, 9.17) is 4.74 Å². The molecule has 0 saturated carbocycles. The van der Waals surface area contributed by atoms with E-state index in [0.29, 0.717) is 24.7 Å². The molecule has 0 aliphatic carbocycles. The Balaban J connectivity index is 1.40. The Labute approximate surface area is 190 Å². The molecule has 0 aromatic heterocycles. The zero-order valence-electron chi connectivity index (χ0n) is 19.5. The fourth-order valence-corrected chi connectivity index (χ4v) is 4.44. The molecule has 1 aromatic carbocycles. The van der Waals surface area contributed by atoms with Crippen molar-refractivity contribution in [2.75, 3.05) is 46.4 Å². The van der Waals surface area contributed by atoms with Gasteiger partial charge in [-0.1, -0.05) is 12.1 Å². The van der Waals surface area contributed by atoms with Gasteiger partial charge < -0.3 is 15.0 Å². The van der Waals surface area contributed by atoms with Crippen molar-refractivity contribution in [2.24, 2.45) is 0 Å². The lowest BCUT2D eigenvalue weighted by molar-refractivity contribution is -0.136. The van der Waals surface area contributed by atoms with E-state index in [2.05, 4.69) is 22.0 Å². The number of likely N-dealkylation sites (tertiary alicyclic amines) is 1. The highest BCUT2D eigenvalue weighted by Gasteiger charge is 2.29. The molecule has 2 heterocycles. The van der Waals surface area contributed by atoms with Gasteiger partial charge in [0.25, 0.3) is 0 Å². The summed E-state index contributed by atoms with van der Waals surface area (Å²) in [5, 5.41) is 2.98. The van der Waals surface area contributed by atoms with Crippen LogP contribution in [0.5, 0.6) is 0 Å². The number of rotatable bonds is 7. The maximum Gasteiger partial charge on any atom is 0.337 e. The number of ether oxygens (including phenoxy) is 1. The van der Waals surface area contributed by atoms with Crippen LogP contribution in [0.4, 0.5) is 0 Å². The lowest BCUT2D eigenvalue weighted by Crippen LogP contribution is -2.56. The Morgan fingerprint density at radius 2 is 1.75 bits per heavy atom. The van der Waals surface area contributed by atoms with Gasteiger partial charge in [0.2, 0.25) is 11.8 Å². The lowest BCUT2D eigenvalue weighted by Gasteiger charge is -2.39. The summed E-state index contributed by atoms with van der Waals surface area (Å²) in [6, 6.07) is 7.14. The number of esters is 1. The van der Waals surface area contributed by atoms with Crippen molar-refractivity contribution in [2.45, 2.75) is 51.7 Å². The van der Waals surface area contributed by atoms with Gasteiger partial charge in [-0.05, 0) is 50.8 Å². The first-order chi connectivity index (χ1) is 15.4. The third-order valence-electron chi connectivity index (χ3n) is 6.66. The van der Waals surface area contributed by atoms with Gasteiger partial charge in [0.05, 0.1) is 25.3 Å². The van der Waals surface area contributed by atoms with Crippen LogP contribution in [-0.2, 0) is 20.9 Å². The molecule has 2 fully saturated rings. The van der Waals surface area contributed by atoms with Gasteiger partial charge in [-0.15, -0.1) is 0 Å². The Kier molecular flexibility index (Phi) is 8.64. The van der Waals surface area contributed by atoms with E-state index in [9.17, 15) is 14.4 Å². The highest BCUT2D eigenvalue weighted by atomic mass is 16.5. The summed E-state index contributed by atoms with van der Waals surface area (Å²) in [6.07, 6.45) is 3.41. The second kappa shape index (κ2) is 11.4. The van der Waals surface area contributed by atoms with Crippen molar-refractivity contribution in [3.05, 3.63) is 35.4 Å². The number of piperidine rings is 1. The van der Waals surface area contributed by atoms with Crippen molar-refractivity contribution in [3.8, 4) is 0 Å². The minimum Gasteiger partial charge on any atom is -0.465 e. The molecule has 176 valence electrons. The van der Waals surface area contributed by atoms with Crippen LogP contribution in [-0.4, -0.2) is 90.9 Å². The summed E-state index contributed by atoms with van der Waals surface area (Å²) in [4.78, 5) is 43.2. The fraction of sp³-hybridized carbons (Fsp3) is 0.625. The molecule has 1 N–H and O–H groups in total. The average molecular weight is 445 g/mol. The van der Waals surface area contributed by atoms with Crippen molar-refractivity contribution in [1.29, 1.82) is 0 Å². The number of carbonyl (C=O) groups excluding carboxylic acids is 3. The summed E-state index contributed by atoms with van der Waals surface area (Å²) >= 11 is 0. The van der Waals surface area contributed by atoms with Gasteiger partial charge in [0, 0.05) is 45.3 Å². The molecule has 0 bridgehead atoms. The van der Waals surface area contributed by atoms with Gasteiger partial charge in [-0.25, -0.2) is 4.79 Å². The molecule has 3 rings (SSSR count). The monoisotopic (exact) mass is 444 g/mol. The number of hydrogen-bond acceptors (Lipinski definition) is 6. The SMILES string of the molecule is COC(=O)c1ccc(CNC(=O)C(C)N2CCN(CC(=O)N3CCCCC3C)CC2)cc1. The van der Waals surface area contributed by atoms with Crippen molar-refractivity contribution in [1.82, 2.24) is 20.0 Å². The second-order valence-corrected chi connectivity index (χ2v) is 8.83. The number of benzene rings is 1. The molecule has 0 spiro atoms. The molecule has 2 saturated heterocycles. The topological polar surface area (TPSA) is 82.2 Å². The van der Waals surface area contributed by atoms with Gasteiger partial charge >= 0.3 is 5.97 Å². The zero-order chi connectivity index (χ0) is 23.1. The number of nitrogens with one attached hydrogen (secondary N) is 1. The molecule has 1 aromatic rings.